The van der Waals surface area contributed by atoms with Gasteiger partial charge in [0, 0.05) is 32.1 Å². The molecule has 0 spiro atoms. The van der Waals surface area contributed by atoms with Crippen LogP contribution in [0.4, 0.5) is 5.95 Å². The SMILES string of the molecule is CCCCCCCCCCCCOCC[C@@H](COC(=O)CCCCCCCC)Cn1cnc2c(Cl)nc(N)nc21. The van der Waals surface area contributed by atoms with Crippen molar-refractivity contribution in [3.8, 4) is 0 Å². The van der Waals surface area contributed by atoms with Crippen LogP contribution < -0.4 is 5.73 Å². The van der Waals surface area contributed by atoms with Gasteiger partial charge in [0.15, 0.2) is 10.8 Å². The molecule has 2 rings (SSSR count). The van der Waals surface area contributed by atoms with E-state index in [0.717, 1.165) is 32.3 Å². The molecule has 40 heavy (non-hydrogen) atoms. The van der Waals surface area contributed by atoms with Gasteiger partial charge in [-0.25, -0.2) is 4.98 Å². The number of ether oxygens (including phenoxy) is 2. The van der Waals surface area contributed by atoms with Crippen LogP contribution in [0.3, 0.4) is 0 Å². The molecule has 0 aliphatic heterocycles. The highest BCUT2D eigenvalue weighted by Gasteiger charge is 2.17. The van der Waals surface area contributed by atoms with Crippen LogP contribution in [0.5, 0.6) is 0 Å². The van der Waals surface area contributed by atoms with E-state index in [4.69, 9.17) is 26.8 Å². The standard InChI is InChI=1S/C31H54ClN5O3/c1-3-5-7-9-11-12-13-14-16-18-21-39-22-20-26(24-40-27(38)19-17-15-10-8-6-4-2)23-37-25-34-28-29(32)35-31(33)36-30(28)37/h25-26H,3-24H2,1-2H3,(H2,33,35,36)/t26-/m1/s1. The summed E-state index contributed by atoms with van der Waals surface area (Å²) in [5.74, 6) is 0.0476. The fourth-order valence-corrected chi connectivity index (χ4v) is 5.16. The Balaban J connectivity index is 1.73. The summed E-state index contributed by atoms with van der Waals surface area (Å²) in [4.78, 5) is 25.1. The second-order valence-electron chi connectivity index (χ2n) is 11.1. The number of aromatic nitrogens is 4. The Kier molecular flexibility index (Phi) is 18.7. The maximum atomic E-state index is 12.4. The van der Waals surface area contributed by atoms with Crippen molar-refractivity contribution in [2.24, 2.45) is 5.92 Å². The first kappa shape index (κ1) is 34.3. The van der Waals surface area contributed by atoms with Crippen molar-refractivity contribution in [1.29, 1.82) is 0 Å². The summed E-state index contributed by atoms with van der Waals surface area (Å²) in [6, 6.07) is 0. The number of rotatable bonds is 25. The Labute approximate surface area is 247 Å². The predicted molar refractivity (Wildman–Crippen MR) is 164 cm³/mol. The quantitative estimate of drug-likeness (QED) is 0.0716. The van der Waals surface area contributed by atoms with Gasteiger partial charge in [0.25, 0.3) is 0 Å². The molecule has 0 radical (unpaired) electrons. The second-order valence-corrected chi connectivity index (χ2v) is 11.4. The van der Waals surface area contributed by atoms with Crippen molar-refractivity contribution >= 4 is 34.7 Å². The second kappa shape index (κ2) is 21.8. The van der Waals surface area contributed by atoms with E-state index in [1.807, 2.05) is 4.57 Å². The Morgan fingerprint density at radius 2 is 1.48 bits per heavy atom. The monoisotopic (exact) mass is 579 g/mol. The first-order chi connectivity index (χ1) is 19.5. The third-order valence-electron chi connectivity index (χ3n) is 7.42. The van der Waals surface area contributed by atoms with Crippen LogP contribution in [-0.4, -0.2) is 45.3 Å². The van der Waals surface area contributed by atoms with E-state index in [9.17, 15) is 4.79 Å². The van der Waals surface area contributed by atoms with Crippen molar-refractivity contribution in [3.63, 3.8) is 0 Å². The Morgan fingerprint density at radius 3 is 2.12 bits per heavy atom. The number of hydrogen-bond acceptors (Lipinski definition) is 7. The average molecular weight is 580 g/mol. The molecule has 2 heterocycles. The molecule has 2 aromatic heterocycles. The number of anilines is 1. The molecule has 0 amide bonds. The van der Waals surface area contributed by atoms with Crippen LogP contribution in [0.25, 0.3) is 11.2 Å². The minimum atomic E-state index is -0.128. The number of imidazole rings is 1. The maximum absolute atomic E-state index is 12.4. The van der Waals surface area contributed by atoms with Gasteiger partial charge in [-0.05, 0) is 19.3 Å². The number of nitrogens with zero attached hydrogens (tertiary/aromatic N) is 4. The van der Waals surface area contributed by atoms with Crippen LogP contribution in [0.2, 0.25) is 5.15 Å². The molecular weight excluding hydrogens is 526 g/mol. The average Bonchev–Trinajstić information content (AvgIpc) is 3.34. The molecule has 9 heteroatoms. The smallest absolute Gasteiger partial charge is 0.305 e. The lowest BCUT2D eigenvalue weighted by Crippen LogP contribution is -2.21. The molecule has 0 unspecified atom stereocenters. The van der Waals surface area contributed by atoms with Crippen LogP contribution in [-0.2, 0) is 20.8 Å². The summed E-state index contributed by atoms with van der Waals surface area (Å²) in [5.41, 5.74) is 6.93. The number of carbonyl (C=O) groups is 1. The highest BCUT2D eigenvalue weighted by atomic mass is 35.5. The first-order valence-corrected chi connectivity index (χ1v) is 16.3. The minimum Gasteiger partial charge on any atom is -0.465 e. The fraction of sp³-hybridized carbons (Fsp3) is 0.806. The van der Waals surface area contributed by atoms with Gasteiger partial charge >= 0.3 is 5.97 Å². The van der Waals surface area contributed by atoms with E-state index in [0.29, 0.717) is 37.3 Å². The van der Waals surface area contributed by atoms with E-state index in [-0.39, 0.29) is 23.0 Å². The van der Waals surface area contributed by atoms with Gasteiger partial charge < -0.3 is 19.8 Å². The Bertz CT molecular complexity index is 939. The molecular formula is C31H54ClN5O3. The molecule has 0 aromatic carbocycles. The molecule has 0 saturated carbocycles. The van der Waals surface area contributed by atoms with E-state index in [1.54, 1.807) is 6.33 Å². The van der Waals surface area contributed by atoms with Crippen LogP contribution >= 0.6 is 11.6 Å². The highest BCUT2D eigenvalue weighted by Crippen LogP contribution is 2.21. The molecule has 0 bridgehead atoms. The minimum absolute atomic E-state index is 0.0635. The number of carbonyl (C=O) groups excluding carboxylic acids is 1. The van der Waals surface area contributed by atoms with E-state index < -0.39 is 0 Å². The van der Waals surface area contributed by atoms with Gasteiger partial charge in [-0.2, -0.15) is 9.97 Å². The molecule has 2 N–H and O–H groups in total. The maximum Gasteiger partial charge on any atom is 0.305 e. The van der Waals surface area contributed by atoms with Crippen molar-refractivity contribution in [3.05, 3.63) is 11.5 Å². The van der Waals surface area contributed by atoms with E-state index in [1.165, 1.54) is 83.5 Å². The lowest BCUT2D eigenvalue weighted by molar-refractivity contribution is -0.145. The zero-order chi connectivity index (χ0) is 28.8. The van der Waals surface area contributed by atoms with Gasteiger partial charge in [0.05, 0.1) is 12.9 Å². The van der Waals surface area contributed by atoms with Gasteiger partial charge in [0.1, 0.15) is 5.52 Å². The van der Waals surface area contributed by atoms with Crippen LogP contribution in [0.1, 0.15) is 129 Å². The molecule has 0 aliphatic rings. The fourth-order valence-electron chi connectivity index (χ4n) is 4.94. The zero-order valence-corrected chi connectivity index (χ0v) is 25.9. The number of esters is 1. The van der Waals surface area contributed by atoms with Crippen molar-refractivity contribution in [1.82, 2.24) is 19.5 Å². The Morgan fingerprint density at radius 1 is 0.875 bits per heavy atom. The zero-order valence-electron chi connectivity index (χ0n) is 25.2. The largest absolute Gasteiger partial charge is 0.465 e. The summed E-state index contributed by atoms with van der Waals surface area (Å²) in [7, 11) is 0. The number of halogens is 1. The summed E-state index contributed by atoms with van der Waals surface area (Å²) in [5, 5.41) is 0.239. The number of nitrogen functional groups attached to an aromatic ring is 1. The van der Waals surface area contributed by atoms with Crippen molar-refractivity contribution in [2.45, 2.75) is 136 Å². The van der Waals surface area contributed by atoms with Gasteiger partial charge in [-0.15, -0.1) is 0 Å². The topological polar surface area (TPSA) is 105 Å². The number of unbranched alkanes of at least 4 members (excludes halogenated alkanes) is 14. The summed E-state index contributed by atoms with van der Waals surface area (Å²) >= 11 is 6.20. The Hall–Kier alpha value is -1.93. The van der Waals surface area contributed by atoms with Crippen LogP contribution in [0.15, 0.2) is 6.33 Å². The lowest BCUT2D eigenvalue weighted by Gasteiger charge is -2.18. The molecule has 0 fully saturated rings. The third-order valence-corrected chi connectivity index (χ3v) is 7.68. The molecule has 1 atom stereocenters. The van der Waals surface area contributed by atoms with E-state index >= 15 is 0 Å². The number of nitrogens with two attached hydrogens (primary N) is 1. The molecule has 228 valence electrons. The normalized spacial score (nSPS) is 12.3. The molecule has 8 nitrogen and oxygen atoms in total. The lowest BCUT2D eigenvalue weighted by atomic mass is 10.1. The number of fused-ring (bicyclic) bond motifs is 1. The van der Waals surface area contributed by atoms with Crippen molar-refractivity contribution < 1.29 is 14.3 Å². The van der Waals surface area contributed by atoms with Gasteiger partial charge in [0.2, 0.25) is 5.95 Å². The van der Waals surface area contributed by atoms with Gasteiger partial charge in [-0.1, -0.05) is 115 Å². The third kappa shape index (κ3) is 14.6. The first-order valence-electron chi connectivity index (χ1n) is 15.9. The molecule has 2 aromatic rings. The molecule has 0 aliphatic carbocycles. The highest BCUT2D eigenvalue weighted by molar-refractivity contribution is 6.33. The summed E-state index contributed by atoms with van der Waals surface area (Å²) in [6.45, 7) is 6.79. The van der Waals surface area contributed by atoms with E-state index in [2.05, 4.69) is 28.8 Å². The summed E-state index contributed by atoms with van der Waals surface area (Å²) in [6.07, 6.45) is 22.9. The molecule has 0 saturated heterocycles. The number of hydrogen-bond donors (Lipinski definition) is 1. The van der Waals surface area contributed by atoms with Crippen LogP contribution in [0, 0.1) is 5.92 Å². The predicted octanol–water partition coefficient (Wildman–Crippen LogP) is 8.30. The van der Waals surface area contributed by atoms with Gasteiger partial charge in [-0.3, -0.25) is 4.79 Å². The summed E-state index contributed by atoms with van der Waals surface area (Å²) < 4.78 is 13.6. The van der Waals surface area contributed by atoms with Crippen molar-refractivity contribution in [2.75, 3.05) is 25.6 Å².